The van der Waals surface area contributed by atoms with Crippen LogP contribution in [0, 0.1) is 0 Å². The second kappa shape index (κ2) is 5.50. The maximum absolute atomic E-state index is 12.1. The first-order valence-electron chi connectivity index (χ1n) is 6.47. The normalized spacial score (nSPS) is 10.3. The molecule has 0 aliphatic heterocycles. The lowest BCUT2D eigenvalue weighted by molar-refractivity contribution is 0.0847. The number of carbonyl (C=O) groups excluding carboxylic acids is 2. The number of nitrogens with one attached hydrogen (secondary N) is 3. The molecule has 0 atom stereocenters. The molecule has 0 spiro atoms. The van der Waals surface area contributed by atoms with Crippen molar-refractivity contribution in [3.8, 4) is 0 Å². The van der Waals surface area contributed by atoms with Crippen molar-refractivity contribution >= 4 is 22.7 Å². The molecule has 2 amide bonds. The Hall–Kier alpha value is -3.08. The van der Waals surface area contributed by atoms with Crippen LogP contribution in [0.2, 0.25) is 0 Å². The Balaban J connectivity index is 1.71. The third-order valence-electron chi connectivity index (χ3n) is 3.16. The minimum absolute atomic E-state index is 0.358. The van der Waals surface area contributed by atoms with Gasteiger partial charge in [0, 0.05) is 22.7 Å². The van der Waals surface area contributed by atoms with Crippen LogP contribution in [0.4, 0.5) is 0 Å². The number of fused-ring (bicyclic) bond motifs is 1. The number of rotatable bonds is 2. The van der Waals surface area contributed by atoms with Gasteiger partial charge in [-0.1, -0.05) is 36.4 Å². The molecule has 0 saturated heterocycles. The van der Waals surface area contributed by atoms with Crippen molar-refractivity contribution in [3.63, 3.8) is 0 Å². The smallest absolute Gasteiger partial charge is 0.271 e. The van der Waals surface area contributed by atoms with Gasteiger partial charge in [0.15, 0.2) is 0 Å². The minimum atomic E-state index is -0.364. The Morgan fingerprint density at radius 1 is 0.810 bits per heavy atom. The largest absolute Gasteiger partial charge is 0.360 e. The summed E-state index contributed by atoms with van der Waals surface area (Å²) in [6.45, 7) is 0. The van der Waals surface area contributed by atoms with Crippen LogP contribution in [0.5, 0.6) is 0 Å². The molecule has 0 bridgehead atoms. The maximum Gasteiger partial charge on any atom is 0.271 e. The molecule has 21 heavy (non-hydrogen) atoms. The highest BCUT2D eigenvalue weighted by Gasteiger charge is 2.12. The van der Waals surface area contributed by atoms with Crippen molar-refractivity contribution in [2.75, 3.05) is 0 Å². The highest BCUT2D eigenvalue weighted by Crippen LogP contribution is 2.17. The van der Waals surface area contributed by atoms with Gasteiger partial charge in [-0.3, -0.25) is 20.4 Å². The SMILES string of the molecule is O=C(NNC(=O)c1c[nH]c2ccccc12)c1ccccc1. The Kier molecular flexibility index (Phi) is 3.39. The number of aromatic nitrogens is 1. The third kappa shape index (κ3) is 2.62. The zero-order valence-corrected chi connectivity index (χ0v) is 11.1. The fraction of sp³-hybridized carbons (Fsp3) is 0. The number of aromatic amines is 1. The topological polar surface area (TPSA) is 74.0 Å². The van der Waals surface area contributed by atoms with Crippen molar-refractivity contribution < 1.29 is 9.59 Å². The zero-order chi connectivity index (χ0) is 14.7. The summed E-state index contributed by atoms with van der Waals surface area (Å²) in [4.78, 5) is 27.0. The molecule has 0 saturated carbocycles. The molecular weight excluding hydrogens is 266 g/mol. The minimum Gasteiger partial charge on any atom is -0.360 e. The summed E-state index contributed by atoms with van der Waals surface area (Å²) in [6, 6.07) is 16.2. The average Bonchev–Trinajstić information content (AvgIpc) is 2.97. The summed E-state index contributed by atoms with van der Waals surface area (Å²) in [7, 11) is 0. The highest BCUT2D eigenvalue weighted by molar-refractivity contribution is 6.07. The van der Waals surface area contributed by atoms with Crippen LogP contribution in [0.1, 0.15) is 20.7 Å². The second-order valence-corrected chi connectivity index (χ2v) is 4.52. The third-order valence-corrected chi connectivity index (χ3v) is 3.16. The van der Waals surface area contributed by atoms with Crippen LogP contribution in [-0.4, -0.2) is 16.8 Å². The zero-order valence-electron chi connectivity index (χ0n) is 11.1. The number of benzene rings is 2. The molecule has 0 aliphatic rings. The fourth-order valence-electron chi connectivity index (χ4n) is 2.10. The first-order valence-corrected chi connectivity index (χ1v) is 6.47. The van der Waals surface area contributed by atoms with Crippen molar-refractivity contribution in [2.24, 2.45) is 0 Å². The predicted octanol–water partition coefficient (Wildman–Crippen LogP) is 2.24. The van der Waals surface area contributed by atoms with Crippen LogP contribution in [-0.2, 0) is 0 Å². The van der Waals surface area contributed by atoms with Crippen LogP contribution < -0.4 is 10.9 Å². The van der Waals surface area contributed by atoms with E-state index in [1.807, 2.05) is 30.3 Å². The van der Waals surface area contributed by atoms with Crippen LogP contribution >= 0.6 is 0 Å². The fourth-order valence-corrected chi connectivity index (χ4v) is 2.10. The molecule has 1 heterocycles. The number of hydrogen-bond donors (Lipinski definition) is 3. The molecule has 0 radical (unpaired) electrons. The van der Waals surface area contributed by atoms with Gasteiger partial charge < -0.3 is 4.98 Å². The lowest BCUT2D eigenvalue weighted by Crippen LogP contribution is -2.41. The lowest BCUT2D eigenvalue weighted by atomic mass is 10.2. The van der Waals surface area contributed by atoms with Gasteiger partial charge in [0.2, 0.25) is 0 Å². The van der Waals surface area contributed by atoms with Gasteiger partial charge >= 0.3 is 0 Å². The van der Waals surface area contributed by atoms with E-state index in [4.69, 9.17) is 0 Å². The van der Waals surface area contributed by atoms with E-state index in [1.54, 1.807) is 30.5 Å². The molecule has 0 unspecified atom stereocenters. The van der Waals surface area contributed by atoms with Gasteiger partial charge in [0.1, 0.15) is 0 Å². The molecule has 5 heteroatoms. The maximum atomic E-state index is 12.1. The number of hydrogen-bond acceptors (Lipinski definition) is 2. The molecule has 0 aliphatic carbocycles. The van der Waals surface area contributed by atoms with Crippen molar-refractivity contribution in [1.29, 1.82) is 0 Å². The van der Waals surface area contributed by atoms with E-state index < -0.39 is 0 Å². The molecule has 3 rings (SSSR count). The molecule has 1 aromatic heterocycles. The number of carbonyl (C=O) groups is 2. The Labute approximate surface area is 121 Å². The standard InChI is InChI=1S/C16H13N3O2/c20-15(11-6-2-1-3-7-11)18-19-16(21)13-10-17-14-9-5-4-8-12(13)14/h1-10,17H,(H,18,20)(H,19,21). The number of hydrazine groups is 1. The second-order valence-electron chi connectivity index (χ2n) is 4.52. The van der Waals surface area contributed by atoms with Crippen LogP contribution in [0.15, 0.2) is 60.8 Å². The summed E-state index contributed by atoms with van der Waals surface area (Å²) in [5, 5.41) is 0.809. The van der Waals surface area contributed by atoms with E-state index >= 15 is 0 Å². The van der Waals surface area contributed by atoms with Gasteiger partial charge in [0.05, 0.1) is 5.56 Å². The predicted molar refractivity (Wildman–Crippen MR) is 79.7 cm³/mol. The van der Waals surface area contributed by atoms with E-state index in [9.17, 15) is 9.59 Å². The number of H-pyrrole nitrogens is 1. The molecule has 3 aromatic rings. The molecule has 104 valence electrons. The lowest BCUT2D eigenvalue weighted by Gasteiger charge is -2.06. The number of para-hydroxylation sites is 1. The first kappa shape index (κ1) is 12.9. The van der Waals surface area contributed by atoms with Crippen LogP contribution in [0.3, 0.4) is 0 Å². The Morgan fingerprint density at radius 2 is 1.48 bits per heavy atom. The molecule has 5 nitrogen and oxygen atoms in total. The monoisotopic (exact) mass is 279 g/mol. The van der Waals surface area contributed by atoms with Gasteiger partial charge in [-0.2, -0.15) is 0 Å². The van der Waals surface area contributed by atoms with E-state index in [1.165, 1.54) is 0 Å². The summed E-state index contributed by atoms with van der Waals surface area (Å²) in [5.74, 6) is -0.722. The van der Waals surface area contributed by atoms with Gasteiger partial charge in [-0.05, 0) is 18.2 Å². The number of amides is 2. The summed E-state index contributed by atoms with van der Waals surface area (Å²) in [6.07, 6.45) is 1.62. The molecule has 2 aromatic carbocycles. The summed E-state index contributed by atoms with van der Waals surface area (Å²) < 4.78 is 0. The van der Waals surface area contributed by atoms with Gasteiger partial charge in [0.25, 0.3) is 11.8 Å². The van der Waals surface area contributed by atoms with Crippen molar-refractivity contribution in [1.82, 2.24) is 15.8 Å². The van der Waals surface area contributed by atoms with E-state index in [-0.39, 0.29) is 11.8 Å². The first-order chi connectivity index (χ1) is 10.3. The average molecular weight is 279 g/mol. The quantitative estimate of drug-likeness (QED) is 0.629. The summed E-state index contributed by atoms with van der Waals surface area (Å²) in [5.41, 5.74) is 6.66. The molecule has 3 N–H and O–H groups in total. The van der Waals surface area contributed by atoms with Crippen molar-refractivity contribution in [3.05, 3.63) is 71.9 Å². The molecular formula is C16H13N3O2. The van der Waals surface area contributed by atoms with E-state index in [0.717, 1.165) is 10.9 Å². The van der Waals surface area contributed by atoms with Gasteiger partial charge in [-0.25, -0.2) is 0 Å². The summed E-state index contributed by atoms with van der Waals surface area (Å²) >= 11 is 0. The Bertz CT molecular complexity index is 793. The van der Waals surface area contributed by atoms with Gasteiger partial charge in [-0.15, -0.1) is 0 Å². The Morgan fingerprint density at radius 3 is 2.29 bits per heavy atom. The van der Waals surface area contributed by atoms with E-state index in [2.05, 4.69) is 15.8 Å². The van der Waals surface area contributed by atoms with E-state index in [0.29, 0.717) is 11.1 Å². The highest BCUT2D eigenvalue weighted by atomic mass is 16.2. The molecule has 0 fully saturated rings. The van der Waals surface area contributed by atoms with Crippen molar-refractivity contribution in [2.45, 2.75) is 0 Å². The van der Waals surface area contributed by atoms with Crippen LogP contribution in [0.25, 0.3) is 10.9 Å².